The maximum atomic E-state index is 11.9. The number of oxazole rings is 1. The zero-order chi connectivity index (χ0) is 14.7. The molecule has 2 N–H and O–H groups in total. The van der Waals surface area contributed by atoms with Gasteiger partial charge in [-0.05, 0) is 23.3 Å². The standard InChI is InChI=1S/C16H14N2O3/c19-15(17-10-11-4-2-1-3-5-11)9-12-6-7-14-13(8-12)18-16(20)21-14/h1-8H,9-10H2,(H,17,19)(H,18,20). The van der Waals surface area contributed by atoms with Gasteiger partial charge in [-0.25, -0.2) is 4.79 Å². The second kappa shape index (κ2) is 5.66. The minimum Gasteiger partial charge on any atom is -0.408 e. The van der Waals surface area contributed by atoms with Gasteiger partial charge in [-0.1, -0.05) is 36.4 Å². The van der Waals surface area contributed by atoms with Gasteiger partial charge in [0.05, 0.1) is 11.9 Å². The molecule has 0 unspecified atom stereocenters. The Balaban J connectivity index is 1.64. The van der Waals surface area contributed by atoms with E-state index in [-0.39, 0.29) is 12.3 Å². The molecule has 0 aliphatic heterocycles. The van der Waals surface area contributed by atoms with Gasteiger partial charge in [-0.15, -0.1) is 0 Å². The minimum atomic E-state index is -0.490. The Kier molecular flexibility index (Phi) is 3.55. The van der Waals surface area contributed by atoms with Gasteiger partial charge in [-0.3, -0.25) is 9.78 Å². The minimum absolute atomic E-state index is 0.0657. The lowest BCUT2D eigenvalue weighted by Crippen LogP contribution is -2.24. The molecule has 0 saturated heterocycles. The SMILES string of the molecule is O=C(Cc1ccc2oc(=O)[nH]c2c1)NCc1ccccc1. The summed E-state index contributed by atoms with van der Waals surface area (Å²) in [5.74, 6) is -0.556. The highest BCUT2D eigenvalue weighted by atomic mass is 16.4. The second-order valence-corrected chi connectivity index (χ2v) is 4.78. The number of H-pyrrole nitrogens is 1. The van der Waals surface area contributed by atoms with Gasteiger partial charge in [0, 0.05) is 6.54 Å². The molecule has 0 aliphatic carbocycles. The molecule has 3 rings (SSSR count). The van der Waals surface area contributed by atoms with E-state index in [1.54, 1.807) is 18.2 Å². The first-order valence-electron chi connectivity index (χ1n) is 6.63. The van der Waals surface area contributed by atoms with Crippen LogP contribution in [-0.4, -0.2) is 10.9 Å². The summed E-state index contributed by atoms with van der Waals surface area (Å²) in [7, 11) is 0. The van der Waals surface area contributed by atoms with Crippen LogP contribution in [0.25, 0.3) is 11.1 Å². The van der Waals surface area contributed by atoms with Crippen molar-refractivity contribution in [1.29, 1.82) is 0 Å². The van der Waals surface area contributed by atoms with E-state index in [1.807, 2.05) is 30.3 Å². The molecule has 21 heavy (non-hydrogen) atoms. The first kappa shape index (κ1) is 13.2. The normalized spacial score (nSPS) is 10.7. The number of carbonyl (C=O) groups is 1. The Hall–Kier alpha value is -2.82. The van der Waals surface area contributed by atoms with E-state index in [0.717, 1.165) is 11.1 Å². The predicted molar refractivity (Wildman–Crippen MR) is 78.8 cm³/mol. The molecule has 5 heteroatoms. The first-order chi connectivity index (χ1) is 10.2. The third-order valence-corrected chi connectivity index (χ3v) is 3.18. The number of hydrogen-bond acceptors (Lipinski definition) is 3. The monoisotopic (exact) mass is 282 g/mol. The summed E-state index contributed by atoms with van der Waals surface area (Å²) in [6.45, 7) is 0.504. The van der Waals surface area contributed by atoms with Crippen LogP contribution >= 0.6 is 0 Å². The van der Waals surface area contributed by atoms with Crippen molar-refractivity contribution in [2.75, 3.05) is 0 Å². The molecule has 106 valence electrons. The summed E-state index contributed by atoms with van der Waals surface area (Å²) in [5, 5.41) is 2.87. The number of nitrogens with one attached hydrogen (secondary N) is 2. The molecule has 0 spiro atoms. The summed E-state index contributed by atoms with van der Waals surface area (Å²) in [4.78, 5) is 25.6. The molecule has 0 fully saturated rings. The van der Waals surface area contributed by atoms with Gasteiger partial charge in [-0.2, -0.15) is 0 Å². The number of hydrogen-bond donors (Lipinski definition) is 2. The zero-order valence-corrected chi connectivity index (χ0v) is 11.3. The Morgan fingerprint density at radius 1 is 1.10 bits per heavy atom. The topological polar surface area (TPSA) is 75.1 Å². The molecule has 2 aromatic carbocycles. The number of aromatic amines is 1. The van der Waals surface area contributed by atoms with Crippen LogP contribution in [0.3, 0.4) is 0 Å². The van der Waals surface area contributed by atoms with E-state index >= 15 is 0 Å². The van der Waals surface area contributed by atoms with Crippen LogP contribution in [0.1, 0.15) is 11.1 Å². The van der Waals surface area contributed by atoms with E-state index in [4.69, 9.17) is 4.42 Å². The highest BCUT2D eigenvalue weighted by Crippen LogP contribution is 2.12. The predicted octanol–water partition coefficient (Wildman–Crippen LogP) is 1.98. The molecule has 0 bridgehead atoms. The van der Waals surface area contributed by atoms with Gasteiger partial charge in [0.25, 0.3) is 0 Å². The molecule has 0 aliphatic rings. The van der Waals surface area contributed by atoms with Gasteiger partial charge >= 0.3 is 5.76 Å². The fourth-order valence-corrected chi connectivity index (χ4v) is 2.15. The Morgan fingerprint density at radius 3 is 2.71 bits per heavy atom. The lowest BCUT2D eigenvalue weighted by Gasteiger charge is -2.05. The zero-order valence-electron chi connectivity index (χ0n) is 11.3. The first-order valence-corrected chi connectivity index (χ1v) is 6.63. The Bertz CT molecular complexity index is 818. The van der Waals surface area contributed by atoms with Crippen molar-refractivity contribution >= 4 is 17.0 Å². The van der Waals surface area contributed by atoms with E-state index in [9.17, 15) is 9.59 Å². The van der Waals surface area contributed by atoms with E-state index in [0.29, 0.717) is 17.6 Å². The van der Waals surface area contributed by atoms with E-state index < -0.39 is 5.76 Å². The fraction of sp³-hybridized carbons (Fsp3) is 0.125. The van der Waals surface area contributed by atoms with Gasteiger partial charge in [0.15, 0.2) is 5.58 Å². The van der Waals surface area contributed by atoms with Crippen LogP contribution < -0.4 is 11.1 Å². The van der Waals surface area contributed by atoms with E-state index in [1.165, 1.54) is 0 Å². The van der Waals surface area contributed by atoms with E-state index in [2.05, 4.69) is 10.3 Å². The quantitative estimate of drug-likeness (QED) is 0.768. The van der Waals surface area contributed by atoms with Crippen molar-refractivity contribution in [3.05, 3.63) is 70.2 Å². The van der Waals surface area contributed by atoms with Crippen molar-refractivity contribution in [1.82, 2.24) is 10.3 Å². The number of benzene rings is 2. The molecule has 5 nitrogen and oxygen atoms in total. The van der Waals surface area contributed by atoms with Crippen molar-refractivity contribution in [3.63, 3.8) is 0 Å². The third-order valence-electron chi connectivity index (χ3n) is 3.18. The highest BCUT2D eigenvalue weighted by Gasteiger charge is 2.06. The molecular weight excluding hydrogens is 268 g/mol. The number of aromatic nitrogens is 1. The summed E-state index contributed by atoms with van der Waals surface area (Å²) in [6, 6.07) is 14.9. The van der Waals surface area contributed by atoms with Crippen molar-refractivity contribution < 1.29 is 9.21 Å². The number of amides is 1. The van der Waals surface area contributed by atoms with Gasteiger partial charge in [0.1, 0.15) is 0 Å². The van der Waals surface area contributed by atoms with Gasteiger partial charge < -0.3 is 9.73 Å². The number of carbonyl (C=O) groups excluding carboxylic acids is 1. The number of fused-ring (bicyclic) bond motifs is 1. The van der Waals surface area contributed by atoms with Crippen LogP contribution in [0.5, 0.6) is 0 Å². The summed E-state index contributed by atoms with van der Waals surface area (Å²) < 4.78 is 4.92. The molecule has 0 atom stereocenters. The van der Waals surface area contributed by atoms with Crippen LogP contribution in [-0.2, 0) is 17.8 Å². The molecule has 1 amide bonds. The highest BCUT2D eigenvalue weighted by molar-refractivity contribution is 5.80. The second-order valence-electron chi connectivity index (χ2n) is 4.78. The molecular formula is C16H14N2O3. The molecule has 1 heterocycles. The lowest BCUT2D eigenvalue weighted by atomic mass is 10.1. The third kappa shape index (κ3) is 3.20. The molecule has 0 radical (unpaired) electrons. The lowest BCUT2D eigenvalue weighted by molar-refractivity contribution is -0.120. The van der Waals surface area contributed by atoms with Crippen LogP contribution in [0, 0.1) is 0 Å². The number of rotatable bonds is 4. The van der Waals surface area contributed by atoms with Crippen molar-refractivity contribution in [2.24, 2.45) is 0 Å². The Morgan fingerprint density at radius 2 is 1.90 bits per heavy atom. The van der Waals surface area contributed by atoms with Crippen LogP contribution in [0.15, 0.2) is 57.7 Å². The summed E-state index contributed by atoms with van der Waals surface area (Å²) >= 11 is 0. The average molecular weight is 282 g/mol. The maximum absolute atomic E-state index is 11.9. The van der Waals surface area contributed by atoms with Crippen molar-refractivity contribution in [3.8, 4) is 0 Å². The fourth-order valence-electron chi connectivity index (χ4n) is 2.15. The average Bonchev–Trinajstić information content (AvgIpc) is 2.85. The van der Waals surface area contributed by atoms with Crippen LogP contribution in [0.2, 0.25) is 0 Å². The largest absolute Gasteiger partial charge is 0.417 e. The Labute approximate surface area is 120 Å². The molecule has 3 aromatic rings. The molecule has 1 aromatic heterocycles. The smallest absolute Gasteiger partial charge is 0.408 e. The summed E-state index contributed by atoms with van der Waals surface area (Å²) in [6.07, 6.45) is 0.260. The maximum Gasteiger partial charge on any atom is 0.417 e. The summed E-state index contributed by atoms with van der Waals surface area (Å²) in [5.41, 5.74) is 2.98. The molecule has 0 saturated carbocycles. The van der Waals surface area contributed by atoms with Crippen molar-refractivity contribution in [2.45, 2.75) is 13.0 Å². The van der Waals surface area contributed by atoms with Crippen LogP contribution in [0.4, 0.5) is 0 Å². The van der Waals surface area contributed by atoms with Gasteiger partial charge in [0.2, 0.25) is 5.91 Å².